The lowest BCUT2D eigenvalue weighted by Gasteiger charge is -2.27. The zero-order chi connectivity index (χ0) is 13.0. The highest BCUT2D eigenvalue weighted by atomic mass is 79.9. The first-order valence-corrected chi connectivity index (χ1v) is 6.75. The van der Waals surface area contributed by atoms with Crippen LogP contribution in [0.1, 0.15) is 24.8 Å². The van der Waals surface area contributed by atoms with E-state index >= 15 is 0 Å². The molecule has 1 fully saturated rings. The van der Waals surface area contributed by atoms with Gasteiger partial charge in [-0.3, -0.25) is 0 Å². The summed E-state index contributed by atoms with van der Waals surface area (Å²) < 4.78 is 0.729. The average Bonchev–Trinajstić information content (AvgIpc) is 2.42. The van der Waals surface area contributed by atoms with Crippen LogP contribution in [-0.2, 0) is 0 Å². The number of benzene rings is 1. The Labute approximate surface area is 115 Å². The van der Waals surface area contributed by atoms with Crippen LogP contribution in [0.2, 0.25) is 0 Å². The van der Waals surface area contributed by atoms with Crippen LogP contribution in [-0.4, -0.2) is 24.0 Å². The van der Waals surface area contributed by atoms with E-state index in [1.165, 1.54) is 6.42 Å². The Balaban J connectivity index is 2.04. The summed E-state index contributed by atoms with van der Waals surface area (Å²) in [5, 5.41) is 11.6. The SMILES string of the molecule is N#Cc1ccc(NC(=O)N2CCCCC2)c(Br)c1. The van der Waals surface area contributed by atoms with Crippen LogP contribution in [0, 0.1) is 11.3 Å². The first-order valence-electron chi connectivity index (χ1n) is 5.96. The number of hydrogen-bond acceptors (Lipinski definition) is 2. The third kappa shape index (κ3) is 3.02. The molecule has 0 spiro atoms. The Morgan fingerprint density at radius 2 is 2.06 bits per heavy atom. The van der Waals surface area contributed by atoms with Crippen LogP contribution < -0.4 is 5.32 Å². The van der Waals surface area contributed by atoms with Crippen molar-refractivity contribution in [3.05, 3.63) is 28.2 Å². The number of hydrogen-bond donors (Lipinski definition) is 1. The Bertz CT molecular complexity index is 489. The molecule has 0 aromatic heterocycles. The maximum Gasteiger partial charge on any atom is 0.321 e. The Morgan fingerprint density at radius 3 is 2.67 bits per heavy atom. The molecule has 94 valence electrons. The third-order valence-electron chi connectivity index (χ3n) is 2.98. The van der Waals surface area contributed by atoms with Gasteiger partial charge in [0.2, 0.25) is 0 Å². The van der Waals surface area contributed by atoms with Gasteiger partial charge in [-0.25, -0.2) is 4.79 Å². The monoisotopic (exact) mass is 307 g/mol. The van der Waals surface area contributed by atoms with E-state index in [0.29, 0.717) is 11.3 Å². The van der Waals surface area contributed by atoms with Gasteiger partial charge in [0.05, 0.1) is 17.3 Å². The van der Waals surface area contributed by atoms with Crippen molar-refractivity contribution < 1.29 is 4.79 Å². The predicted octanol–water partition coefficient (Wildman–Crippen LogP) is 3.34. The molecule has 0 atom stereocenters. The summed E-state index contributed by atoms with van der Waals surface area (Å²) in [5.41, 5.74) is 1.27. The molecule has 1 aromatic carbocycles. The van der Waals surface area contributed by atoms with Crippen LogP contribution in [0.25, 0.3) is 0 Å². The number of piperidine rings is 1. The second kappa shape index (κ2) is 5.87. The van der Waals surface area contributed by atoms with Crippen molar-refractivity contribution >= 4 is 27.6 Å². The number of halogens is 1. The van der Waals surface area contributed by atoms with Gasteiger partial charge in [0.25, 0.3) is 0 Å². The second-order valence-electron chi connectivity index (χ2n) is 4.28. The maximum absolute atomic E-state index is 12.0. The summed E-state index contributed by atoms with van der Waals surface area (Å²) >= 11 is 3.36. The lowest BCUT2D eigenvalue weighted by Crippen LogP contribution is -2.38. The van der Waals surface area contributed by atoms with Gasteiger partial charge < -0.3 is 10.2 Å². The number of nitrogens with one attached hydrogen (secondary N) is 1. The zero-order valence-corrected chi connectivity index (χ0v) is 11.5. The van der Waals surface area contributed by atoms with Gasteiger partial charge in [0.15, 0.2) is 0 Å². The molecule has 1 aliphatic heterocycles. The van der Waals surface area contributed by atoms with E-state index in [0.717, 1.165) is 30.4 Å². The van der Waals surface area contributed by atoms with E-state index in [4.69, 9.17) is 5.26 Å². The number of nitrogens with zero attached hydrogens (tertiary/aromatic N) is 2. The topological polar surface area (TPSA) is 56.1 Å². The average molecular weight is 308 g/mol. The van der Waals surface area contributed by atoms with E-state index in [-0.39, 0.29) is 6.03 Å². The van der Waals surface area contributed by atoms with Crippen LogP contribution in [0.4, 0.5) is 10.5 Å². The van der Waals surface area contributed by atoms with Crippen molar-refractivity contribution in [2.24, 2.45) is 0 Å². The minimum absolute atomic E-state index is 0.0693. The predicted molar refractivity (Wildman–Crippen MR) is 73.3 cm³/mol. The highest BCUT2D eigenvalue weighted by Gasteiger charge is 2.17. The molecule has 0 saturated carbocycles. The van der Waals surface area contributed by atoms with Crippen molar-refractivity contribution in [1.29, 1.82) is 5.26 Å². The smallest absolute Gasteiger partial charge is 0.321 e. The number of amides is 2. The summed E-state index contributed by atoms with van der Waals surface area (Å²) in [5.74, 6) is 0. The molecule has 2 rings (SSSR count). The molecular formula is C13H14BrN3O. The van der Waals surface area contributed by atoms with Gasteiger partial charge in [-0.05, 0) is 53.4 Å². The van der Waals surface area contributed by atoms with Gasteiger partial charge in [0, 0.05) is 17.6 Å². The number of carbonyl (C=O) groups excluding carboxylic acids is 1. The van der Waals surface area contributed by atoms with Crippen LogP contribution >= 0.6 is 15.9 Å². The van der Waals surface area contributed by atoms with Gasteiger partial charge in [-0.1, -0.05) is 0 Å². The molecular weight excluding hydrogens is 294 g/mol. The van der Waals surface area contributed by atoms with Crippen molar-refractivity contribution in [3.8, 4) is 6.07 Å². The van der Waals surface area contributed by atoms with Crippen LogP contribution in [0.15, 0.2) is 22.7 Å². The van der Waals surface area contributed by atoms with Gasteiger partial charge in [-0.2, -0.15) is 5.26 Å². The number of urea groups is 1. The van der Waals surface area contributed by atoms with E-state index in [9.17, 15) is 4.79 Å². The van der Waals surface area contributed by atoms with E-state index in [1.54, 1.807) is 18.2 Å². The first kappa shape index (κ1) is 12.9. The maximum atomic E-state index is 12.0. The quantitative estimate of drug-likeness (QED) is 0.865. The van der Waals surface area contributed by atoms with E-state index < -0.39 is 0 Å². The summed E-state index contributed by atoms with van der Waals surface area (Å²) in [6, 6.07) is 7.12. The normalized spacial score (nSPS) is 15.0. The van der Waals surface area contributed by atoms with Crippen molar-refractivity contribution in [2.75, 3.05) is 18.4 Å². The highest BCUT2D eigenvalue weighted by molar-refractivity contribution is 9.10. The summed E-state index contributed by atoms with van der Waals surface area (Å²) in [7, 11) is 0. The van der Waals surface area contributed by atoms with E-state index in [2.05, 4.69) is 27.3 Å². The molecule has 4 nitrogen and oxygen atoms in total. The standard InChI is InChI=1S/C13H14BrN3O/c14-11-8-10(9-15)4-5-12(11)16-13(18)17-6-2-1-3-7-17/h4-5,8H,1-3,6-7H2,(H,16,18). The number of likely N-dealkylation sites (tertiary alicyclic amines) is 1. The number of rotatable bonds is 1. The molecule has 18 heavy (non-hydrogen) atoms. The van der Waals surface area contributed by atoms with Crippen molar-refractivity contribution in [1.82, 2.24) is 4.90 Å². The molecule has 5 heteroatoms. The lowest BCUT2D eigenvalue weighted by molar-refractivity contribution is 0.200. The molecule has 1 saturated heterocycles. The largest absolute Gasteiger partial charge is 0.325 e. The molecule has 0 aliphatic carbocycles. The first-order chi connectivity index (χ1) is 8.70. The fourth-order valence-electron chi connectivity index (χ4n) is 1.98. The fourth-order valence-corrected chi connectivity index (χ4v) is 2.46. The van der Waals surface area contributed by atoms with Gasteiger partial charge in [-0.15, -0.1) is 0 Å². The molecule has 1 aromatic rings. The van der Waals surface area contributed by atoms with Crippen molar-refractivity contribution in [2.45, 2.75) is 19.3 Å². The third-order valence-corrected chi connectivity index (χ3v) is 3.64. The Morgan fingerprint density at radius 1 is 1.33 bits per heavy atom. The second-order valence-corrected chi connectivity index (χ2v) is 5.14. The number of nitriles is 1. The molecule has 0 bridgehead atoms. The van der Waals surface area contributed by atoms with Gasteiger partial charge in [0.1, 0.15) is 0 Å². The minimum Gasteiger partial charge on any atom is -0.325 e. The molecule has 0 unspecified atom stereocenters. The van der Waals surface area contributed by atoms with Crippen LogP contribution in [0.5, 0.6) is 0 Å². The van der Waals surface area contributed by atoms with Gasteiger partial charge >= 0.3 is 6.03 Å². The molecule has 0 radical (unpaired) electrons. The lowest BCUT2D eigenvalue weighted by atomic mass is 10.1. The Kier molecular flexibility index (Phi) is 4.21. The van der Waals surface area contributed by atoms with Crippen LogP contribution in [0.3, 0.4) is 0 Å². The molecule has 2 amide bonds. The fraction of sp³-hybridized carbons (Fsp3) is 0.385. The highest BCUT2D eigenvalue weighted by Crippen LogP contribution is 2.24. The molecule has 1 N–H and O–H groups in total. The summed E-state index contributed by atoms with van der Waals surface area (Å²) in [6.07, 6.45) is 3.34. The number of carbonyl (C=O) groups is 1. The zero-order valence-electron chi connectivity index (χ0n) is 9.95. The minimum atomic E-state index is -0.0693. The summed E-state index contributed by atoms with van der Waals surface area (Å²) in [4.78, 5) is 13.8. The molecule has 1 heterocycles. The van der Waals surface area contributed by atoms with E-state index in [1.807, 2.05) is 4.90 Å². The molecule has 1 aliphatic rings. The van der Waals surface area contributed by atoms with Crippen molar-refractivity contribution in [3.63, 3.8) is 0 Å². The Hall–Kier alpha value is -1.54. The summed E-state index contributed by atoms with van der Waals surface area (Å²) in [6.45, 7) is 1.64. The number of anilines is 1.